The van der Waals surface area contributed by atoms with E-state index in [-0.39, 0.29) is 21.2 Å². The Bertz CT molecular complexity index is 1290. The van der Waals surface area contributed by atoms with Crippen LogP contribution < -0.4 is 10.0 Å². The molecule has 0 saturated carbocycles. The smallest absolute Gasteiger partial charge is 0.266 e. The summed E-state index contributed by atoms with van der Waals surface area (Å²) in [5, 5.41) is 11.9. The summed E-state index contributed by atoms with van der Waals surface area (Å²) in [5.74, 6) is -0.669. The lowest BCUT2D eigenvalue weighted by atomic mass is 10.1. The summed E-state index contributed by atoms with van der Waals surface area (Å²) in [6.07, 6.45) is 1.44. The van der Waals surface area contributed by atoms with Crippen LogP contribution in [0.5, 0.6) is 0 Å². The van der Waals surface area contributed by atoms with Crippen molar-refractivity contribution in [3.05, 3.63) is 93.4 Å². The highest BCUT2D eigenvalue weighted by atomic mass is 79.9. The van der Waals surface area contributed by atoms with Crippen molar-refractivity contribution < 1.29 is 13.2 Å². The standard InChI is InChI=1S/C22H15BrClN3O3S/c23-17-6-8-18(9-7-17)27-31(29,30)21-13-19(10-11-20(21)24)26-22(28)16(14-25)12-15-4-2-1-3-5-15/h1-13,27H,(H,26,28)/b16-12+. The van der Waals surface area contributed by atoms with Crippen LogP contribution in [0.15, 0.2) is 87.7 Å². The molecule has 31 heavy (non-hydrogen) atoms. The molecule has 3 aromatic rings. The Hall–Kier alpha value is -3.12. The van der Waals surface area contributed by atoms with Crippen LogP contribution in [-0.4, -0.2) is 14.3 Å². The van der Waals surface area contributed by atoms with Crippen molar-refractivity contribution in [1.29, 1.82) is 5.26 Å². The number of carbonyl (C=O) groups is 1. The summed E-state index contributed by atoms with van der Waals surface area (Å²) >= 11 is 9.39. The fourth-order valence-electron chi connectivity index (χ4n) is 2.58. The number of hydrogen-bond donors (Lipinski definition) is 2. The largest absolute Gasteiger partial charge is 0.321 e. The first-order chi connectivity index (χ1) is 14.8. The molecule has 3 aromatic carbocycles. The van der Waals surface area contributed by atoms with Gasteiger partial charge in [-0.05, 0) is 54.1 Å². The third-order valence-corrected chi connectivity index (χ3v) is 6.44. The number of nitrogens with one attached hydrogen (secondary N) is 2. The van der Waals surface area contributed by atoms with E-state index in [1.165, 1.54) is 24.3 Å². The van der Waals surface area contributed by atoms with Crippen LogP contribution >= 0.6 is 27.5 Å². The number of hydrogen-bond acceptors (Lipinski definition) is 4. The number of carbonyl (C=O) groups excluding carboxylic acids is 1. The van der Waals surface area contributed by atoms with Crippen molar-refractivity contribution in [2.75, 3.05) is 10.0 Å². The van der Waals surface area contributed by atoms with Crippen LogP contribution in [0.1, 0.15) is 5.56 Å². The molecule has 6 nitrogen and oxygen atoms in total. The molecule has 3 rings (SSSR count). The number of benzene rings is 3. The van der Waals surface area contributed by atoms with Gasteiger partial charge in [0.2, 0.25) is 0 Å². The van der Waals surface area contributed by atoms with E-state index in [9.17, 15) is 18.5 Å². The molecule has 0 spiro atoms. The molecule has 0 heterocycles. The molecule has 0 radical (unpaired) electrons. The normalized spacial score (nSPS) is 11.5. The summed E-state index contributed by atoms with van der Waals surface area (Å²) in [4.78, 5) is 12.3. The van der Waals surface area contributed by atoms with Gasteiger partial charge in [0.1, 0.15) is 16.5 Å². The van der Waals surface area contributed by atoms with Crippen LogP contribution in [0, 0.1) is 11.3 Å². The molecule has 0 saturated heterocycles. The number of rotatable bonds is 6. The van der Waals surface area contributed by atoms with Crippen LogP contribution in [-0.2, 0) is 14.8 Å². The molecule has 9 heteroatoms. The van der Waals surface area contributed by atoms with Gasteiger partial charge < -0.3 is 5.32 Å². The summed E-state index contributed by atoms with van der Waals surface area (Å²) in [7, 11) is -4.02. The zero-order valence-corrected chi connectivity index (χ0v) is 19.0. The molecule has 0 atom stereocenters. The van der Waals surface area contributed by atoms with Crippen LogP contribution in [0.3, 0.4) is 0 Å². The molecule has 0 aromatic heterocycles. The van der Waals surface area contributed by atoms with E-state index >= 15 is 0 Å². The van der Waals surface area contributed by atoms with E-state index in [2.05, 4.69) is 26.0 Å². The maximum atomic E-state index is 12.8. The van der Waals surface area contributed by atoms with Crippen molar-refractivity contribution in [2.45, 2.75) is 4.90 Å². The Kier molecular flexibility index (Phi) is 7.13. The summed E-state index contributed by atoms with van der Waals surface area (Å²) in [5.41, 5.74) is 1.09. The maximum Gasteiger partial charge on any atom is 0.266 e. The third kappa shape index (κ3) is 5.95. The third-order valence-electron chi connectivity index (χ3n) is 4.05. The van der Waals surface area contributed by atoms with Crippen LogP contribution in [0.2, 0.25) is 5.02 Å². The minimum absolute atomic E-state index is 0.0112. The van der Waals surface area contributed by atoms with Gasteiger partial charge >= 0.3 is 0 Å². The summed E-state index contributed by atoms with van der Waals surface area (Å²) in [6, 6.07) is 21.4. The van der Waals surface area contributed by atoms with Gasteiger partial charge in [0, 0.05) is 15.8 Å². The molecular weight excluding hydrogens is 502 g/mol. The molecule has 0 aliphatic rings. The van der Waals surface area contributed by atoms with Crippen molar-refractivity contribution >= 4 is 60.9 Å². The predicted octanol–water partition coefficient (Wildman–Crippen LogP) is 5.45. The molecule has 1 amide bonds. The van der Waals surface area contributed by atoms with Gasteiger partial charge in [-0.25, -0.2) is 8.42 Å². The minimum atomic E-state index is -4.02. The quantitative estimate of drug-likeness (QED) is 0.336. The fourth-order valence-corrected chi connectivity index (χ4v) is 4.43. The first-order valence-electron chi connectivity index (χ1n) is 8.84. The van der Waals surface area contributed by atoms with Gasteiger partial charge in [0.15, 0.2) is 0 Å². The highest BCUT2D eigenvalue weighted by Crippen LogP contribution is 2.27. The maximum absolute atomic E-state index is 12.8. The van der Waals surface area contributed by atoms with Crippen LogP contribution in [0.4, 0.5) is 11.4 Å². The molecule has 0 aliphatic carbocycles. The van der Waals surface area contributed by atoms with Gasteiger partial charge in [0.05, 0.1) is 5.02 Å². The fraction of sp³-hybridized carbons (Fsp3) is 0. The molecule has 2 N–H and O–H groups in total. The Labute approximate surface area is 193 Å². The number of nitrogens with zero attached hydrogens (tertiary/aromatic N) is 1. The topological polar surface area (TPSA) is 99.1 Å². The number of amides is 1. The predicted molar refractivity (Wildman–Crippen MR) is 125 cm³/mol. The molecule has 0 bridgehead atoms. The number of sulfonamides is 1. The first kappa shape index (κ1) is 22.6. The Balaban J connectivity index is 1.85. The number of anilines is 2. The van der Waals surface area contributed by atoms with Gasteiger partial charge in [-0.15, -0.1) is 0 Å². The minimum Gasteiger partial charge on any atom is -0.321 e. The van der Waals surface area contributed by atoms with E-state index in [4.69, 9.17) is 11.6 Å². The van der Waals surface area contributed by atoms with Gasteiger partial charge in [-0.2, -0.15) is 5.26 Å². The Morgan fingerprint density at radius 3 is 2.29 bits per heavy atom. The average Bonchev–Trinajstić information content (AvgIpc) is 2.75. The van der Waals surface area contributed by atoms with E-state index in [0.29, 0.717) is 11.3 Å². The van der Waals surface area contributed by atoms with Crippen molar-refractivity contribution in [1.82, 2.24) is 0 Å². The Morgan fingerprint density at radius 2 is 1.65 bits per heavy atom. The molecular formula is C22H15BrClN3O3S. The van der Waals surface area contributed by atoms with Gasteiger partial charge in [-0.3, -0.25) is 9.52 Å². The molecule has 0 unspecified atom stereocenters. The second kappa shape index (κ2) is 9.79. The average molecular weight is 517 g/mol. The van der Waals surface area contributed by atoms with E-state index < -0.39 is 15.9 Å². The highest BCUT2D eigenvalue weighted by Gasteiger charge is 2.20. The monoisotopic (exact) mass is 515 g/mol. The van der Waals surface area contributed by atoms with Gasteiger partial charge in [0.25, 0.3) is 15.9 Å². The SMILES string of the molecule is N#C/C(=C\c1ccccc1)C(=O)Nc1ccc(Cl)c(S(=O)(=O)Nc2ccc(Br)cc2)c1. The van der Waals surface area contributed by atoms with E-state index in [0.717, 1.165) is 4.47 Å². The zero-order chi connectivity index (χ0) is 22.4. The van der Waals surface area contributed by atoms with Crippen molar-refractivity contribution in [2.24, 2.45) is 0 Å². The lowest BCUT2D eigenvalue weighted by Gasteiger charge is -2.12. The van der Waals surface area contributed by atoms with E-state index in [1.807, 2.05) is 12.1 Å². The lowest BCUT2D eigenvalue weighted by Crippen LogP contribution is -2.16. The lowest BCUT2D eigenvalue weighted by molar-refractivity contribution is -0.112. The summed E-state index contributed by atoms with van der Waals surface area (Å²) in [6.45, 7) is 0. The molecule has 0 fully saturated rings. The van der Waals surface area contributed by atoms with Crippen molar-refractivity contribution in [3.63, 3.8) is 0 Å². The molecule has 0 aliphatic heterocycles. The number of nitriles is 1. The zero-order valence-electron chi connectivity index (χ0n) is 15.8. The van der Waals surface area contributed by atoms with Crippen molar-refractivity contribution in [3.8, 4) is 6.07 Å². The van der Waals surface area contributed by atoms with Gasteiger partial charge in [-0.1, -0.05) is 57.9 Å². The van der Waals surface area contributed by atoms with Crippen LogP contribution in [0.25, 0.3) is 6.08 Å². The molecule has 156 valence electrons. The first-order valence-corrected chi connectivity index (χ1v) is 11.5. The second-order valence-corrected chi connectivity index (χ2v) is 9.27. The highest BCUT2D eigenvalue weighted by molar-refractivity contribution is 9.10. The number of halogens is 2. The second-order valence-electron chi connectivity index (χ2n) is 6.29. The summed E-state index contributed by atoms with van der Waals surface area (Å²) < 4.78 is 28.8. The van der Waals surface area contributed by atoms with E-state index in [1.54, 1.807) is 48.5 Å². The Morgan fingerprint density at radius 1 is 1.00 bits per heavy atom.